The Balaban J connectivity index is 0.00000324. The highest BCUT2D eigenvalue weighted by atomic mass is 127. The minimum absolute atomic E-state index is 0. The molecule has 182 valence electrons. The molecule has 2 heterocycles. The van der Waals surface area contributed by atoms with Crippen molar-refractivity contribution < 1.29 is 9.47 Å². The first kappa shape index (κ1) is 25.8. The summed E-state index contributed by atoms with van der Waals surface area (Å²) in [7, 11) is 1.69. The summed E-state index contributed by atoms with van der Waals surface area (Å²) in [5.41, 5.74) is 2.11. The van der Waals surface area contributed by atoms with E-state index < -0.39 is 0 Å². The molecule has 0 spiro atoms. The molecule has 2 aromatic heterocycles. The Bertz CT molecular complexity index is 1050. The summed E-state index contributed by atoms with van der Waals surface area (Å²) in [5, 5.41) is 11.0. The van der Waals surface area contributed by atoms with E-state index in [1.807, 2.05) is 36.5 Å². The fraction of sp³-hybridized carbons (Fsp3) is 0.400. The zero-order chi connectivity index (χ0) is 22.9. The summed E-state index contributed by atoms with van der Waals surface area (Å²) in [6.45, 7) is 3.93. The van der Waals surface area contributed by atoms with Crippen molar-refractivity contribution in [3.05, 3.63) is 66.1 Å². The fourth-order valence-corrected chi connectivity index (χ4v) is 3.95. The quantitative estimate of drug-likeness (QED) is 0.222. The van der Waals surface area contributed by atoms with Gasteiger partial charge in [-0.3, -0.25) is 0 Å². The zero-order valence-electron chi connectivity index (χ0n) is 19.7. The van der Waals surface area contributed by atoms with Crippen LogP contribution >= 0.6 is 24.0 Å². The molecule has 0 atom stereocenters. The Labute approximate surface area is 218 Å². The van der Waals surface area contributed by atoms with Crippen molar-refractivity contribution in [3.63, 3.8) is 0 Å². The first-order chi connectivity index (χ1) is 16.3. The van der Waals surface area contributed by atoms with Gasteiger partial charge in [0.05, 0.1) is 19.8 Å². The number of halogens is 1. The van der Waals surface area contributed by atoms with Gasteiger partial charge in [0.25, 0.3) is 0 Å². The largest absolute Gasteiger partial charge is 0.493 e. The molecule has 1 aromatic carbocycles. The van der Waals surface area contributed by atoms with E-state index in [9.17, 15) is 0 Å². The third kappa shape index (κ3) is 6.85. The van der Waals surface area contributed by atoms with Crippen molar-refractivity contribution >= 4 is 29.9 Å². The lowest BCUT2D eigenvalue weighted by atomic mass is 10.1. The Morgan fingerprint density at radius 2 is 2.00 bits per heavy atom. The minimum Gasteiger partial charge on any atom is -0.493 e. The van der Waals surface area contributed by atoms with Crippen molar-refractivity contribution in [2.45, 2.75) is 51.8 Å². The number of nitrogens with zero attached hydrogens (tertiary/aromatic N) is 4. The molecular formula is C25H33IN6O2. The molecule has 0 radical (unpaired) electrons. The Morgan fingerprint density at radius 3 is 2.74 bits per heavy atom. The van der Waals surface area contributed by atoms with Gasteiger partial charge >= 0.3 is 0 Å². The maximum absolute atomic E-state index is 6.36. The first-order valence-electron chi connectivity index (χ1n) is 11.6. The highest BCUT2D eigenvalue weighted by Crippen LogP contribution is 2.34. The molecule has 9 heteroatoms. The molecule has 3 aromatic rings. The Kier molecular flexibility index (Phi) is 9.99. The molecule has 4 rings (SSSR count). The first-order valence-corrected chi connectivity index (χ1v) is 11.6. The van der Waals surface area contributed by atoms with Crippen LogP contribution in [0, 0.1) is 0 Å². The predicted octanol–water partition coefficient (Wildman–Crippen LogP) is 4.47. The number of aromatic nitrogens is 3. The lowest BCUT2D eigenvalue weighted by Crippen LogP contribution is -2.37. The van der Waals surface area contributed by atoms with Crippen LogP contribution in [0.1, 0.15) is 43.7 Å². The average Bonchev–Trinajstić information content (AvgIpc) is 3.56. The number of nitrogens with one attached hydrogen (secondary N) is 2. The zero-order valence-corrected chi connectivity index (χ0v) is 22.1. The number of methoxy groups -OCH3 is 1. The van der Waals surface area contributed by atoms with Crippen molar-refractivity contribution in [1.82, 2.24) is 25.4 Å². The lowest BCUT2D eigenvalue weighted by Gasteiger charge is -2.20. The van der Waals surface area contributed by atoms with E-state index in [1.54, 1.807) is 24.2 Å². The summed E-state index contributed by atoms with van der Waals surface area (Å²) in [6, 6.07) is 11.9. The molecule has 0 amide bonds. The number of aliphatic imine (C=N–C) groups is 1. The van der Waals surface area contributed by atoms with Crippen molar-refractivity contribution in [2.75, 3.05) is 13.7 Å². The predicted molar refractivity (Wildman–Crippen MR) is 144 cm³/mol. The van der Waals surface area contributed by atoms with E-state index in [0.717, 1.165) is 53.8 Å². The molecule has 0 aliphatic heterocycles. The standard InChI is InChI=1S/C25H32N6O2.HI/c1-3-26-25(28-17-19-12-14-27-23(16-19)31-15-7-13-30-31)29-18-20-8-6-11-22(32-2)24(20)33-21-9-4-5-10-21;/h6-8,11-16,21H,3-5,9-10,17-18H2,1-2H3,(H2,26,28,29);1H. The van der Waals surface area contributed by atoms with Crippen LogP contribution in [0.5, 0.6) is 11.5 Å². The van der Waals surface area contributed by atoms with Crippen LogP contribution < -0.4 is 20.1 Å². The molecule has 1 fully saturated rings. The highest BCUT2D eigenvalue weighted by molar-refractivity contribution is 14.0. The third-order valence-corrected chi connectivity index (χ3v) is 5.63. The van der Waals surface area contributed by atoms with Crippen LogP contribution in [0.25, 0.3) is 5.82 Å². The summed E-state index contributed by atoms with van der Waals surface area (Å²) in [6.07, 6.45) is 10.3. The van der Waals surface area contributed by atoms with Crippen LogP contribution in [0.2, 0.25) is 0 Å². The van der Waals surface area contributed by atoms with Crippen molar-refractivity contribution in [3.8, 4) is 17.3 Å². The molecule has 8 nitrogen and oxygen atoms in total. The van der Waals surface area contributed by atoms with Gasteiger partial charge in [0, 0.05) is 37.2 Å². The van der Waals surface area contributed by atoms with Gasteiger partial charge in [-0.15, -0.1) is 24.0 Å². The summed E-state index contributed by atoms with van der Waals surface area (Å²) in [5.74, 6) is 3.11. The van der Waals surface area contributed by atoms with E-state index in [0.29, 0.717) is 13.1 Å². The average molecular weight is 576 g/mol. The second-order valence-corrected chi connectivity index (χ2v) is 7.99. The number of rotatable bonds is 9. The van der Waals surface area contributed by atoms with E-state index in [-0.39, 0.29) is 30.1 Å². The summed E-state index contributed by atoms with van der Waals surface area (Å²) < 4.78 is 13.7. The van der Waals surface area contributed by atoms with Gasteiger partial charge < -0.3 is 20.1 Å². The fourth-order valence-electron chi connectivity index (χ4n) is 3.95. The number of hydrogen-bond donors (Lipinski definition) is 2. The molecule has 0 bridgehead atoms. The van der Waals surface area contributed by atoms with Gasteiger partial charge in [0.2, 0.25) is 0 Å². The van der Waals surface area contributed by atoms with Gasteiger partial charge in [-0.2, -0.15) is 5.10 Å². The molecule has 0 saturated heterocycles. The van der Waals surface area contributed by atoms with Crippen molar-refractivity contribution in [1.29, 1.82) is 0 Å². The number of pyridine rings is 1. The number of guanidine groups is 1. The van der Waals surface area contributed by atoms with E-state index in [1.165, 1.54) is 12.8 Å². The molecule has 2 N–H and O–H groups in total. The smallest absolute Gasteiger partial charge is 0.191 e. The molecule has 0 unspecified atom stereocenters. The maximum Gasteiger partial charge on any atom is 0.191 e. The molecular weight excluding hydrogens is 543 g/mol. The monoisotopic (exact) mass is 576 g/mol. The van der Waals surface area contributed by atoms with Gasteiger partial charge in [0.1, 0.15) is 0 Å². The Morgan fingerprint density at radius 1 is 1.15 bits per heavy atom. The van der Waals surface area contributed by atoms with Crippen LogP contribution in [0.3, 0.4) is 0 Å². The van der Waals surface area contributed by atoms with Gasteiger partial charge in [0.15, 0.2) is 23.3 Å². The second kappa shape index (κ2) is 13.2. The maximum atomic E-state index is 6.36. The highest BCUT2D eigenvalue weighted by Gasteiger charge is 2.20. The normalized spacial score (nSPS) is 13.9. The number of para-hydroxylation sites is 1. The molecule has 1 aliphatic carbocycles. The summed E-state index contributed by atoms with van der Waals surface area (Å²) in [4.78, 5) is 9.15. The number of hydrogen-bond acceptors (Lipinski definition) is 5. The van der Waals surface area contributed by atoms with Gasteiger partial charge in [-0.05, 0) is 62.4 Å². The minimum atomic E-state index is 0. The van der Waals surface area contributed by atoms with E-state index >= 15 is 0 Å². The number of benzene rings is 1. The van der Waals surface area contributed by atoms with E-state index in [2.05, 4.69) is 33.7 Å². The van der Waals surface area contributed by atoms with Gasteiger partial charge in [-0.1, -0.05) is 12.1 Å². The van der Waals surface area contributed by atoms with Gasteiger partial charge in [-0.25, -0.2) is 14.7 Å². The lowest BCUT2D eigenvalue weighted by molar-refractivity contribution is 0.198. The van der Waals surface area contributed by atoms with E-state index in [4.69, 9.17) is 14.5 Å². The van der Waals surface area contributed by atoms with Crippen molar-refractivity contribution in [2.24, 2.45) is 4.99 Å². The number of ether oxygens (including phenoxy) is 2. The third-order valence-electron chi connectivity index (χ3n) is 5.63. The SMILES string of the molecule is CCNC(=NCc1ccnc(-n2cccn2)c1)NCc1cccc(OC)c1OC1CCCC1.I. The van der Waals surface area contributed by atoms with Crippen LogP contribution in [0.15, 0.2) is 60.0 Å². The Hall–Kier alpha value is -2.82. The van der Waals surface area contributed by atoms with Crippen LogP contribution in [-0.4, -0.2) is 40.5 Å². The second-order valence-electron chi connectivity index (χ2n) is 7.99. The molecule has 1 aliphatic rings. The molecule has 1 saturated carbocycles. The summed E-state index contributed by atoms with van der Waals surface area (Å²) >= 11 is 0. The van der Waals surface area contributed by atoms with Crippen LogP contribution in [-0.2, 0) is 13.1 Å². The molecule has 34 heavy (non-hydrogen) atoms. The topological polar surface area (TPSA) is 85.6 Å². The van der Waals surface area contributed by atoms with Crippen LogP contribution in [0.4, 0.5) is 0 Å².